The van der Waals surface area contributed by atoms with Crippen LogP contribution in [0.15, 0.2) is 48.3 Å². The van der Waals surface area contributed by atoms with E-state index in [9.17, 15) is 9.18 Å². The molecule has 6 heteroatoms. The number of likely N-dealkylation sites (tertiary alicyclic amines) is 1. The van der Waals surface area contributed by atoms with Crippen LogP contribution in [0.4, 0.5) is 9.18 Å². The van der Waals surface area contributed by atoms with Gasteiger partial charge in [-0.2, -0.15) is 0 Å². The number of carbonyl (C=O) groups is 1. The van der Waals surface area contributed by atoms with Crippen LogP contribution in [0.3, 0.4) is 0 Å². The van der Waals surface area contributed by atoms with Crippen molar-refractivity contribution >= 4 is 6.03 Å². The van der Waals surface area contributed by atoms with Crippen LogP contribution in [0, 0.1) is 11.7 Å². The zero-order chi connectivity index (χ0) is 44.8. The molecule has 1 fully saturated rings. The number of hydrogen-bond donors (Lipinski definition) is 1. The van der Waals surface area contributed by atoms with E-state index in [-0.39, 0.29) is 9.80 Å². The largest absolute Gasteiger partial charge is 0.493 e. The lowest BCUT2D eigenvalue weighted by molar-refractivity contribution is 0.127. The number of halogens is 1. The molecule has 0 saturated carbocycles. The molecule has 0 aromatic heterocycles. The fourth-order valence-electron chi connectivity index (χ4n) is 2.30. The average Bonchev–Trinajstić information content (AvgIpc) is 3.00. The first kappa shape index (κ1) is 6.70. The van der Waals surface area contributed by atoms with Gasteiger partial charge in [-0.05, 0) is 74.0 Å². The zero-order valence-corrected chi connectivity index (χ0v) is 15.8. The smallest absolute Gasteiger partial charge is 0.318 e. The first-order valence-electron chi connectivity index (χ1n) is 21.7. The summed E-state index contributed by atoms with van der Waals surface area (Å²) >= 11 is 0. The second kappa shape index (κ2) is 11.1. The topological polar surface area (TPSA) is 44.8 Å². The fraction of sp³-hybridized carbons (Fsp3) is 0.480. The van der Waals surface area contributed by atoms with Gasteiger partial charge in [0.15, 0.2) is 0 Å². The highest BCUT2D eigenvalue weighted by molar-refractivity contribution is 5.74. The molecule has 1 N–H and O–H groups in total. The Kier molecular flexibility index (Phi) is 2.41. The van der Waals surface area contributed by atoms with Crippen molar-refractivity contribution in [3.05, 3.63) is 65.3 Å². The molecule has 1 aliphatic heterocycles. The van der Waals surface area contributed by atoms with Gasteiger partial charge < -0.3 is 19.9 Å². The van der Waals surface area contributed by atoms with Crippen molar-refractivity contribution in [3.63, 3.8) is 0 Å². The number of piperidine rings is 1. The van der Waals surface area contributed by atoms with Crippen molar-refractivity contribution in [1.82, 2.24) is 15.1 Å². The van der Waals surface area contributed by atoms with Crippen molar-refractivity contribution in [3.8, 4) is 5.75 Å². The van der Waals surface area contributed by atoms with Gasteiger partial charge in [-0.25, -0.2) is 9.18 Å². The maximum atomic E-state index is 14.5. The van der Waals surface area contributed by atoms with E-state index in [0.717, 1.165) is 0 Å². The number of nitrogens with zero attached hydrogens (tertiary/aromatic N) is 2. The predicted molar refractivity (Wildman–Crippen MR) is 121 cm³/mol. The molecule has 1 heterocycles. The molecule has 2 aromatic carbocycles. The van der Waals surface area contributed by atoms with Crippen molar-refractivity contribution in [2.75, 3.05) is 26.5 Å². The molecule has 0 unspecified atom stereocenters. The number of carbonyl (C=O) groups excluding carboxylic acids is 1. The number of hydrogen-bond acceptors (Lipinski definition) is 3. The molecule has 168 valence electrons. The molecule has 0 radical (unpaired) electrons. The number of benzene rings is 2. The van der Waals surface area contributed by atoms with E-state index in [1.54, 1.807) is 0 Å². The number of ether oxygens (including phenoxy) is 1. The van der Waals surface area contributed by atoms with Gasteiger partial charge >= 0.3 is 6.03 Å². The summed E-state index contributed by atoms with van der Waals surface area (Å²) in [5.74, 6) is -7.13. The second-order valence-electron chi connectivity index (χ2n) is 5.93. The van der Waals surface area contributed by atoms with Gasteiger partial charge in [0.2, 0.25) is 0 Å². The van der Waals surface area contributed by atoms with Crippen LogP contribution in [0.1, 0.15) is 73.3 Å². The first-order chi connectivity index (χ1) is 25.2. The minimum absolute atomic E-state index is 0.00164. The summed E-state index contributed by atoms with van der Waals surface area (Å²) in [6.45, 7) is -26.5. The van der Waals surface area contributed by atoms with Crippen LogP contribution in [-0.4, -0.2) is 48.4 Å². The maximum absolute atomic E-state index is 14.5. The summed E-state index contributed by atoms with van der Waals surface area (Å²) in [7, 11) is 0. The van der Waals surface area contributed by atoms with Gasteiger partial charge in [-0.3, -0.25) is 0 Å². The fourth-order valence-corrected chi connectivity index (χ4v) is 2.30. The monoisotopic (exact) mass is 453 g/mol. The van der Waals surface area contributed by atoms with Crippen LogP contribution in [-0.2, 0) is 13.0 Å². The first-order valence-corrected chi connectivity index (χ1v) is 8.66. The van der Waals surface area contributed by atoms with Crippen molar-refractivity contribution in [1.29, 1.82) is 0 Å². The SMILES string of the molecule is [2H]c1c([2H])c(C([2H])([2H])N(C(=O)NCc2c([2H])c([2H])c(OC([2H])([2H])C([2H])(C([2H])([2H])[2H])C([2H])([2H])[2H])c([2H])c2[2H])C2CC([2H])([2H])N(C([2H])([2H])[2H])C([2H])([2H])C2)c([2H])c([2H])c1F. The van der Waals surface area contributed by atoms with Gasteiger partial charge in [-0.15, -0.1) is 0 Å². The molecule has 0 aliphatic carbocycles. The van der Waals surface area contributed by atoms with E-state index in [2.05, 4.69) is 0 Å². The van der Waals surface area contributed by atoms with E-state index >= 15 is 0 Å². The van der Waals surface area contributed by atoms with E-state index in [4.69, 9.17) is 40.4 Å². The minimum atomic E-state index is -4.06. The normalized spacial score (nSPS) is 33.1. The van der Waals surface area contributed by atoms with Gasteiger partial charge in [0, 0.05) is 38.3 Å². The minimum Gasteiger partial charge on any atom is -0.493 e. The van der Waals surface area contributed by atoms with Crippen LogP contribution >= 0.6 is 0 Å². The van der Waals surface area contributed by atoms with Crippen molar-refractivity contribution < 1.29 is 49.6 Å². The van der Waals surface area contributed by atoms with Gasteiger partial charge in [-0.1, -0.05) is 37.9 Å². The number of rotatable bonds is 8. The Morgan fingerprint density at radius 1 is 1.29 bits per heavy atom. The Bertz CT molecular complexity index is 1820. The third-order valence-corrected chi connectivity index (χ3v) is 3.71. The van der Waals surface area contributed by atoms with E-state index in [1.807, 2.05) is 5.32 Å². The molecule has 5 nitrogen and oxygen atoms in total. The van der Waals surface area contributed by atoms with Crippen molar-refractivity contribution in [2.45, 2.75) is 45.6 Å². The number of amides is 2. The Morgan fingerprint density at radius 2 is 1.97 bits per heavy atom. The summed E-state index contributed by atoms with van der Waals surface area (Å²) in [5.41, 5.74) is -2.09. The van der Waals surface area contributed by atoms with Crippen LogP contribution in [0.2, 0.25) is 0 Å². The summed E-state index contributed by atoms with van der Waals surface area (Å²) in [5, 5.41) is 2.00. The second-order valence-corrected chi connectivity index (χ2v) is 5.93. The quantitative estimate of drug-likeness (QED) is 0.632. The number of nitrogens with one attached hydrogen (secondary N) is 1. The molecule has 1 aliphatic rings. The van der Waals surface area contributed by atoms with E-state index < -0.39 is 155 Å². The van der Waals surface area contributed by atoms with Crippen LogP contribution in [0.25, 0.3) is 0 Å². The van der Waals surface area contributed by atoms with Gasteiger partial charge in [0.1, 0.15) is 11.6 Å². The predicted octanol–water partition coefficient (Wildman–Crippen LogP) is 4.67. The molecule has 1 saturated heterocycles. The third-order valence-electron chi connectivity index (χ3n) is 3.71. The molecule has 0 atom stereocenters. The lowest BCUT2D eigenvalue weighted by Crippen LogP contribution is -2.49. The summed E-state index contributed by atoms with van der Waals surface area (Å²) in [4.78, 5) is 13.9. The lowest BCUT2D eigenvalue weighted by atomic mass is 10.0. The Balaban J connectivity index is 2.20. The van der Waals surface area contributed by atoms with Crippen molar-refractivity contribution in [2.24, 2.45) is 5.89 Å². The Hall–Kier alpha value is -2.60. The molecule has 0 bridgehead atoms. The van der Waals surface area contributed by atoms with Gasteiger partial charge in [0.05, 0.1) is 23.0 Å². The number of urea groups is 1. The summed E-state index contributed by atoms with van der Waals surface area (Å²) in [6, 6.07) is -14.2. The van der Waals surface area contributed by atoms with E-state index in [1.165, 1.54) is 0 Å². The lowest BCUT2D eigenvalue weighted by Gasteiger charge is -2.37. The van der Waals surface area contributed by atoms with Gasteiger partial charge in [0.25, 0.3) is 0 Å². The molecular weight excluding hydrogens is 393 g/mol. The summed E-state index contributed by atoms with van der Waals surface area (Å²) in [6.07, 6.45) is -2.36. The summed E-state index contributed by atoms with van der Waals surface area (Å²) < 4.78 is 229. The highest BCUT2D eigenvalue weighted by Crippen LogP contribution is 2.19. The van der Waals surface area contributed by atoms with E-state index in [0.29, 0.717) is 0 Å². The Labute approximate surface area is 221 Å². The highest BCUT2D eigenvalue weighted by atomic mass is 19.1. The average molecular weight is 454 g/mol. The molecule has 31 heavy (non-hydrogen) atoms. The zero-order valence-electron chi connectivity index (χ0n) is 41.8. The molecule has 2 amide bonds. The van der Waals surface area contributed by atoms with Crippen LogP contribution in [0.5, 0.6) is 5.75 Å². The Morgan fingerprint density at radius 3 is 2.61 bits per heavy atom. The third kappa shape index (κ3) is 7.24. The highest BCUT2D eigenvalue weighted by Gasteiger charge is 2.27. The molecule has 2 aromatic rings. The van der Waals surface area contributed by atoms with Crippen LogP contribution < -0.4 is 10.1 Å². The molecule has 0 spiro atoms. The maximum Gasteiger partial charge on any atom is 0.318 e. The standard InChI is InChI=1S/C25H34FN3O2/c1-19(2)18-31-24-10-6-20(7-11-24)16-27-25(30)29(23-12-14-28(3)15-13-23)17-21-4-8-22(26)9-5-21/h4-11,19,23H,12-18H2,1-3H3,(H,27,30)/i1D3,2D3,3D3,4D,5D,6D,7D,8D,9D,10D,11D,14D2,15D2,17D2,18D2,19D. The molecule has 3 rings (SSSR count). The molecular formula is C25H34FN3O2.